The number of hydrogen-bond donors (Lipinski definition) is 3. The van der Waals surface area contributed by atoms with Gasteiger partial charge in [0.15, 0.2) is 0 Å². The second kappa shape index (κ2) is 6.70. The maximum Gasteiger partial charge on any atom is 0.222 e. The molecule has 1 aromatic carbocycles. The van der Waals surface area contributed by atoms with E-state index < -0.39 is 0 Å². The van der Waals surface area contributed by atoms with Gasteiger partial charge in [-0.3, -0.25) is 0 Å². The van der Waals surface area contributed by atoms with Crippen LogP contribution in [-0.4, -0.2) is 28.2 Å². The topological polar surface area (TPSA) is 84.1 Å². The number of hydrogen-bond acceptors (Lipinski definition) is 5. The zero-order valence-electron chi connectivity index (χ0n) is 10.7. The second-order valence-electron chi connectivity index (χ2n) is 4.25. The lowest BCUT2D eigenvalue weighted by Crippen LogP contribution is -2.11. The molecule has 0 aliphatic carbocycles. The lowest BCUT2D eigenvalue weighted by Gasteiger charge is -2.07. The Morgan fingerprint density at radius 2 is 2.05 bits per heavy atom. The number of anilines is 1. The highest BCUT2D eigenvalue weighted by Gasteiger charge is 2.04. The van der Waals surface area contributed by atoms with Crippen LogP contribution in [-0.2, 0) is 6.42 Å². The predicted molar refractivity (Wildman–Crippen MR) is 75.1 cm³/mol. The Labute approximate surface area is 112 Å². The third kappa shape index (κ3) is 3.93. The van der Waals surface area contributed by atoms with Crippen LogP contribution >= 0.6 is 0 Å². The van der Waals surface area contributed by atoms with E-state index in [0.29, 0.717) is 24.7 Å². The summed E-state index contributed by atoms with van der Waals surface area (Å²) in [4.78, 5) is 8.56. The minimum Gasteiger partial charge on any atom is -0.508 e. The van der Waals surface area contributed by atoms with Gasteiger partial charge < -0.3 is 16.2 Å². The fraction of sp³-hybridized carbons (Fsp3) is 0.286. The molecular weight excluding hydrogens is 240 g/mol. The third-order valence-corrected chi connectivity index (χ3v) is 2.74. The van der Waals surface area contributed by atoms with E-state index in [-0.39, 0.29) is 0 Å². The normalized spacial score (nSPS) is 10.4. The fourth-order valence-electron chi connectivity index (χ4n) is 1.74. The SMILES string of the molecule is NCCCNc1nccc(Cc2ccccc2O)n1. The van der Waals surface area contributed by atoms with Crippen LogP contribution in [0.2, 0.25) is 0 Å². The first-order valence-corrected chi connectivity index (χ1v) is 6.32. The predicted octanol–water partition coefficient (Wildman–Crippen LogP) is 1.53. The van der Waals surface area contributed by atoms with Gasteiger partial charge in [-0.2, -0.15) is 0 Å². The molecule has 19 heavy (non-hydrogen) atoms. The molecule has 0 spiro atoms. The maximum absolute atomic E-state index is 9.74. The van der Waals surface area contributed by atoms with Crippen molar-refractivity contribution in [3.8, 4) is 5.75 Å². The van der Waals surface area contributed by atoms with Gasteiger partial charge in [0.2, 0.25) is 5.95 Å². The van der Waals surface area contributed by atoms with Crippen molar-refractivity contribution in [1.29, 1.82) is 0 Å². The smallest absolute Gasteiger partial charge is 0.222 e. The Morgan fingerprint density at radius 3 is 2.84 bits per heavy atom. The summed E-state index contributed by atoms with van der Waals surface area (Å²) in [5, 5.41) is 12.9. The van der Waals surface area contributed by atoms with Crippen molar-refractivity contribution < 1.29 is 5.11 Å². The first-order valence-electron chi connectivity index (χ1n) is 6.32. The molecule has 0 saturated carbocycles. The largest absolute Gasteiger partial charge is 0.508 e. The standard InChI is InChI=1S/C14H18N4O/c15-7-3-8-16-14-17-9-6-12(18-14)10-11-4-1-2-5-13(11)19/h1-2,4-6,9,19H,3,7-8,10,15H2,(H,16,17,18). The molecule has 4 N–H and O–H groups in total. The van der Waals surface area contributed by atoms with Crippen LogP contribution in [0, 0.1) is 0 Å². The Balaban J connectivity index is 2.05. The van der Waals surface area contributed by atoms with Crippen molar-refractivity contribution in [3.63, 3.8) is 0 Å². The summed E-state index contributed by atoms with van der Waals surface area (Å²) in [5.41, 5.74) is 7.16. The number of phenolic OH excluding ortho intramolecular Hbond substituents is 1. The Bertz CT molecular complexity index is 530. The summed E-state index contributed by atoms with van der Waals surface area (Å²) in [6.45, 7) is 1.40. The average molecular weight is 258 g/mol. The summed E-state index contributed by atoms with van der Waals surface area (Å²) in [7, 11) is 0. The van der Waals surface area contributed by atoms with Crippen LogP contribution in [0.25, 0.3) is 0 Å². The lowest BCUT2D eigenvalue weighted by molar-refractivity contribution is 0.469. The minimum atomic E-state index is 0.291. The lowest BCUT2D eigenvalue weighted by atomic mass is 10.1. The zero-order chi connectivity index (χ0) is 13.5. The number of nitrogens with one attached hydrogen (secondary N) is 1. The summed E-state index contributed by atoms with van der Waals surface area (Å²) in [6.07, 6.45) is 3.18. The zero-order valence-corrected chi connectivity index (χ0v) is 10.7. The van der Waals surface area contributed by atoms with E-state index in [0.717, 1.165) is 24.2 Å². The molecular formula is C14H18N4O. The molecule has 0 saturated heterocycles. The molecule has 0 fully saturated rings. The number of aromatic nitrogens is 2. The maximum atomic E-state index is 9.74. The molecule has 1 aromatic heterocycles. The van der Waals surface area contributed by atoms with Gasteiger partial charge in [0.1, 0.15) is 5.75 Å². The highest BCUT2D eigenvalue weighted by molar-refractivity contribution is 5.36. The van der Waals surface area contributed by atoms with Crippen LogP contribution in [0.3, 0.4) is 0 Å². The number of aromatic hydroxyl groups is 1. The highest BCUT2D eigenvalue weighted by atomic mass is 16.3. The van der Waals surface area contributed by atoms with Gasteiger partial charge in [0, 0.05) is 19.2 Å². The van der Waals surface area contributed by atoms with Gasteiger partial charge in [0.25, 0.3) is 0 Å². The summed E-state index contributed by atoms with van der Waals surface area (Å²) < 4.78 is 0. The molecule has 1 heterocycles. The Hall–Kier alpha value is -2.14. The monoisotopic (exact) mass is 258 g/mol. The third-order valence-electron chi connectivity index (χ3n) is 2.74. The van der Waals surface area contributed by atoms with E-state index in [1.807, 2.05) is 18.2 Å². The van der Waals surface area contributed by atoms with Gasteiger partial charge in [-0.25, -0.2) is 9.97 Å². The van der Waals surface area contributed by atoms with Crippen LogP contribution in [0.5, 0.6) is 5.75 Å². The van der Waals surface area contributed by atoms with E-state index >= 15 is 0 Å². The minimum absolute atomic E-state index is 0.291. The van der Waals surface area contributed by atoms with E-state index in [1.165, 1.54) is 0 Å². The summed E-state index contributed by atoms with van der Waals surface area (Å²) in [6, 6.07) is 9.12. The van der Waals surface area contributed by atoms with Crippen LogP contribution in [0.1, 0.15) is 17.7 Å². The summed E-state index contributed by atoms with van der Waals surface area (Å²) in [5.74, 6) is 0.889. The van der Waals surface area contributed by atoms with Gasteiger partial charge in [0.05, 0.1) is 5.69 Å². The quantitative estimate of drug-likeness (QED) is 0.684. The van der Waals surface area contributed by atoms with Gasteiger partial charge in [-0.1, -0.05) is 18.2 Å². The van der Waals surface area contributed by atoms with Crippen molar-refractivity contribution >= 4 is 5.95 Å². The molecule has 2 aromatic rings. The molecule has 100 valence electrons. The molecule has 0 aliphatic rings. The number of nitrogens with zero attached hydrogens (tertiary/aromatic N) is 2. The van der Waals surface area contributed by atoms with Gasteiger partial charge >= 0.3 is 0 Å². The molecule has 0 radical (unpaired) electrons. The van der Waals surface area contributed by atoms with Crippen molar-refractivity contribution in [3.05, 3.63) is 47.8 Å². The van der Waals surface area contributed by atoms with E-state index in [1.54, 1.807) is 18.3 Å². The van der Waals surface area contributed by atoms with E-state index in [4.69, 9.17) is 5.73 Å². The number of benzene rings is 1. The number of rotatable bonds is 6. The van der Waals surface area contributed by atoms with Crippen molar-refractivity contribution in [2.45, 2.75) is 12.8 Å². The van der Waals surface area contributed by atoms with E-state index in [9.17, 15) is 5.11 Å². The Morgan fingerprint density at radius 1 is 1.21 bits per heavy atom. The first kappa shape index (κ1) is 13.3. The van der Waals surface area contributed by atoms with Crippen LogP contribution in [0.4, 0.5) is 5.95 Å². The molecule has 0 atom stereocenters. The van der Waals surface area contributed by atoms with Gasteiger partial charge in [-0.05, 0) is 30.7 Å². The van der Waals surface area contributed by atoms with Crippen molar-refractivity contribution in [1.82, 2.24) is 9.97 Å². The average Bonchev–Trinajstić information content (AvgIpc) is 2.42. The molecule has 2 rings (SSSR count). The second-order valence-corrected chi connectivity index (χ2v) is 4.25. The van der Waals surface area contributed by atoms with E-state index in [2.05, 4.69) is 15.3 Å². The van der Waals surface area contributed by atoms with Crippen LogP contribution < -0.4 is 11.1 Å². The molecule has 0 unspecified atom stereocenters. The van der Waals surface area contributed by atoms with Crippen LogP contribution in [0.15, 0.2) is 36.5 Å². The molecule has 5 nitrogen and oxygen atoms in total. The molecule has 0 aliphatic heterocycles. The Kier molecular flexibility index (Phi) is 4.69. The fourth-order valence-corrected chi connectivity index (χ4v) is 1.74. The number of phenols is 1. The summed E-state index contributed by atoms with van der Waals surface area (Å²) >= 11 is 0. The number of para-hydroxylation sites is 1. The molecule has 0 bridgehead atoms. The highest BCUT2D eigenvalue weighted by Crippen LogP contribution is 2.18. The molecule has 5 heteroatoms. The van der Waals surface area contributed by atoms with Crippen molar-refractivity contribution in [2.75, 3.05) is 18.4 Å². The molecule has 0 amide bonds. The first-order chi connectivity index (χ1) is 9.29. The number of nitrogens with two attached hydrogens (primary N) is 1. The van der Waals surface area contributed by atoms with Gasteiger partial charge in [-0.15, -0.1) is 0 Å². The van der Waals surface area contributed by atoms with Crippen molar-refractivity contribution in [2.24, 2.45) is 5.73 Å².